The third-order valence-electron chi connectivity index (χ3n) is 4.46. The van der Waals surface area contributed by atoms with Crippen molar-refractivity contribution in [3.05, 3.63) is 53.9 Å². The van der Waals surface area contributed by atoms with E-state index in [9.17, 15) is 0 Å². The van der Waals surface area contributed by atoms with Gasteiger partial charge in [0.15, 0.2) is 5.96 Å². The van der Waals surface area contributed by atoms with Crippen LogP contribution < -0.4 is 10.6 Å². The second-order valence-corrected chi connectivity index (χ2v) is 6.24. The monoisotopic (exact) mass is 341 g/mol. The number of hydrogen-bond donors (Lipinski definition) is 2. The highest BCUT2D eigenvalue weighted by Crippen LogP contribution is 2.24. The lowest BCUT2D eigenvalue weighted by atomic mass is 10.1. The summed E-state index contributed by atoms with van der Waals surface area (Å²) in [4.78, 5) is 7.16. The number of aromatic nitrogens is 1. The molecular formula is C19H27N5O. The van der Waals surface area contributed by atoms with Crippen molar-refractivity contribution in [3.63, 3.8) is 0 Å². The maximum absolute atomic E-state index is 4.86. The van der Waals surface area contributed by atoms with Gasteiger partial charge in [-0.1, -0.05) is 35.5 Å². The minimum absolute atomic E-state index is 0.361. The summed E-state index contributed by atoms with van der Waals surface area (Å²) in [6, 6.07) is 12.9. The minimum atomic E-state index is 0.361. The molecule has 1 aromatic heterocycles. The zero-order valence-electron chi connectivity index (χ0n) is 14.8. The topological polar surface area (TPSA) is 65.7 Å². The molecule has 0 amide bonds. The van der Waals surface area contributed by atoms with Crippen molar-refractivity contribution in [2.24, 2.45) is 4.99 Å². The van der Waals surface area contributed by atoms with Crippen LogP contribution in [-0.2, 0) is 6.54 Å². The van der Waals surface area contributed by atoms with Crippen LogP contribution in [0.4, 0.5) is 0 Å². The summed E-state index contributed by atoms with van der Waals surface area (Å²) in [6.45, 7) is 6.55. The first kappa shape index (κ1) is 17.5. The van der Waals surface area contributed by atoms with E-state index in [1.54, 1.807) is 6.26 Å². The molecule has 3 rings (SSSR count). The summed E-state index contributed by atoms with van der Waals surface area (Å²) in [5.74, 6) is 0.811. The van der Waals surface area contributed by atoms with Crippen LogP contribution >= 0.6 is 0 Å². The highest BCUT2D eigenvalue weighted by molar-refractivity contribution is 5.79. The zero-order valence-corrected chi connectivity index (χ0v) is 14.8. The summed E-state index contributed by atoms with van der Waals surface area (Å²) in [5, 5.41) is 10.7. The van der Waals surface area contributed by atoms with Gasteiger partial charge in [-0.3, -0.25) is 4.90 Å². The molecule has 1 atom stereocenters. The van der Waals surface area contributed by atoms with Crippen molar-refractivity contribution in [3.8, 4) is 0 Å². The molecule has 2 heterocycles. The van der Waals surface area contributed by atoms with Crippen LogP contribution in [0.5, 0.6) is 0 Å². The average molecular weight is 341 g/mol. The second-order valence-electron chi connectivity index (χ2n) is 6.24. The molecule has 1 saturated heterocycles. The standard InChI is InChI=1S/C19H27N5O/c1-2-20-19(21-14-17-10-13-25-23-17)22-15-18(24-11-6-7-12-24)16-8-4-3-5-9-16/h3-5,8-10,13,18H,2,6-7,11-12,14-15H2,1H3,(H2,20,21,22). The van der Waals surface area contributed by atoms with Crippen molar-refractivity contribution in [1.82, 2.24) is 20.7 Å². The molecule has 1 aromatic carbocycles. The van der Waals surface area contributed by atoms with Crippen molar-refractivity contribution in [2.75, 3.05) is 26.2 Å². The Bertz CT molecular complexity index is 635. The van der Waals surface area contributed by atoms with Crippen LogP contribution in [0.25, 0.3) is 0 Å². The van der Waals surface area contributed by atoms with Gasteiger partial charge in [0.25, 0.3) is 0 Å². The fourth-order valence-corrected chi connectivity index (χ4v) is 3.20. The van der Waals surface area contributed by atoms with Crippen LogP contribution in [0.15, 0.2) is 52.2 Å². The number of likely N-dealkylation sites (tertiary alicyclic amines) is 1. The lowest BCUT2D eigenvalue weighted by Crippen LogP contribution is -2.42. The third-order valence-corrected chi connectivity index (χ3v) is 4.46. The van der Waals surface area contributed by atoms with Gasteiger partial charge >= 0.3 is 0 Å². The predicted octanol–water partition coefficient (Wildman–Crippen LogP) is 2.57. The summed E-state index contributed by atoms with van der Waals surface area (Å²) >= 11 is 0. The number of nitrogens with zero attached hydrogens (tertiary/aromatic N) is 3. The number of guanidine groups is 1. The van der Waals surface area contributed by atoms with Gasteiger partial charge < -0.3 is 15.2 Å². The Labute approximate surface area is 149 Å². The number of hydrogen-bond acceptors (Lipinski definition) is 4. The molecular weight excluding hydrogens is 314 g/mol. The van der Waals surface area contributed by atoms with Gasteiger partial charge in [-0.05, 0) is 38.4 Å². The quantitative estimate of drug-likeness (QED) is 0.598. The van der Waals surface area contributed by atoms with Gasteiger partial charge in [0.1, 0.15) is 12.0 Å². The molecule has 0 saturated carbocycles. The van der Waals surface area contributed by atoms with Crippen LogP contribution in [0, 0.1) is 0 Å². The van der Waals surface area contributed by atoms with Crippen molar-refractivity contribution in [2.45, 2.75) is 32.4 Å². The van der Waals surface area contributed by atoms with E-state index in [4.69, 9.17) is 4.52 Å². The largest absolute Gasteiger partial charge is 0.364 e. The SMILES string of the molecule is CCNC(=NCc1ccon1)NCC(c1ccccc1)N1CCCC1. The van der Waals surface area contributed by atoms with Gasteiger partial charge in [0, 0.05) is 19.2 Å². The highest BCUT2D eigenvalue weighted by Gasteiger charge is 2.23. The molecule has 6 heteroatoms. The zero-order chi connectivity index (χ0) is 17.3. The molecule has 0 bridgehead atoms. The number of nitrogens with one attached hydrogen (secondary N) is 2. The third kappa shape index (κ3) is 5.06. The Balaban J connectivity index is 1.66. The summed E-state index contributed by atoms with van der Waals surface area (Å²) in [6.07, 6.45) is 4.14. The molecule has 1 aliphatic rings. The Hall–Kier alpha value is -2.34. The van der Waals surface area contributed by atoms with E-state index in [2.05, 4.69) is 62.9 Å². The van der Waals surface area contributed by atoms with Gasteiger partial charge in [-0.15, -0.1) is 0 Å². The Morgan fingerprint density at radius 3 is 2.68 bits per heavy atom. The van der Waals surface area contributed by atoms with Gasteiger partial charge in [0.05, 0.1) is 12.6 Å². The van der Waals surface area contributed by atoms with Crippen molar-refractivity contribution < 1.29 is 4.52 Å². The smallest absolute Gasteiger partial charge is 0.191 e. The van der Waals surface area contributed by atoms with E-state index in [0.717, 1.165) is 37.8 Å². The number of benzene rings is 1. The maximum Gasteiger partial charge on any atom is 0.191 e. The van der Waals surface area contributed by atoms with Crippen LogP contribution in [0.3, 0.4) is 0 Å². The summed E-state index contributed by atoms with van der Waals surface area (Å²) in [5.41, 5.74) is 2.18. The van der Waals surface area contributed by atoms with Crippen LogP contribution in [0.2, 0.25) is 0 Å². The lowest BCUT2D eigenvalue weighted by molar-refractivity contribution is 0.245. The van der Waals surface area contributed by atoms with E-state index in [-0.39, 0.29) is 0 Å². The second kappa shape index (κ2) is 9.22. The lowest BCUT2D eigenvalue weighted by Gasteiger charge is -2.29. The van der Waals surface area contributed by atoms with E-state index in [1.165, 1.54) is 18.4 Å². The fraction of sp³-hybridized carbons (Fsp3) is 0.474. The molecule has 1 aliphatic heterocycles. The molecule has 0 spiro atoms. The number of rotatable bonds is 7. The fourth-order valence-electron chi connectivity index (χ4n) is 3.20. The van der Waals surface area contributed by atoms with Gasteiger partial charge in [-0.25, -0.2) is 4.99 Å². The molecule has 2 aromatic rings. The normalized spacial score (nSPS) is 16.8. The predicted molar refractivity (Wildman–Crippen MR) is 99.3 cm³/mol. The van der Waals surface area contributed by atoms with Crippen molar-refractivity contribution >= 4 is 5.96 Å². The van der Waals surface area contributed by atoms with Gasteiger partial charge in [-0.2, -0.15) is 0 Å². The van der Waals surface area contributed by atoms with E-state index >= 15 is 0 Å². The first-order valence-electron chi connectivity index (χ1n) is 9.07. The molecule has 1 fully saturated rings. The van der Waals surface area contributed by atoms with E-state index in [1.807, 2.05) is 6.07 Å². The Morgan fingerprint density at radius 1 is 1.20 bits per heavy atom. The highest BCUT2D eigenvalue weighted by atomic mass is 16.5. The Kier molecular flexibility index (Phi) is 6.45. The van der Waals surface area contributed by atoms with E-state index in [0.29, 0.717) is 12.6 Å². The molecule has 2 N–H and O–H groups in total. The first-order chi connectivity index (χ1) is 12.4. The van der Waals surface area contributed by atoms with Crippen molar-refractivity contribution in [1.29, 1.82) is 0 Å². The van der Waals surface area contributed by atoms with Gasteiger partial charge in [0.2, 0.25) is 0 Å². The maximum atomic E-state index is 4.86. The molecule has 0 aliphatic carbocycles. The summed E-state index contributed by atoms with van der Waals surface area (Å²) < 4.78 is 4.86. The minimum Gasteiger partial charge on any atom is -0.364 e. The Morgan fingerprint density at radius 2 is 2.00 bits per heavy atom. The molecule has 134 valence electrons. The number of aliphatic imine (C=N–C) groups is 1. The molecule has 0 radical (unpaired) electrons. The van der Waals surface area contributed by atoms with Crippen LogP contribution in [-0.4, -0.2) is 42.2 Å². The summed E-state index contributed by atoms with van der Waals surface area (Å²) in [7, 11) is 0. The molecule has 1 unspecified atom stereocenters. The first-order valence-corrected chi connectivity index (χ1v) is 9.07. The van der Waals surface area contributed by atoms with Crippen LogP contribution in [0.1, 0.15) is 37.1 Å². The molecule has 25 heavy (non-hydrogen) atoms. The van der Waals surface area contributed by atoms with E-state index < -0.39 is 0 Å². The average Bonchev–Trinajstić information content (AvgIpc) is 3.35. The molecule has 6 nitrogen and oxygen atoms in total.